The molecule has 8 nitrogen and oxygen atoms in total. The van der Waals surface area contributed by atoms with Gasteiger partial charge in [-0.15, -0.1) is 6.58 Å². The number of ether oxygens (including phenoxy) is 1. The van der Waals surface area contributed by atoms with Gasteiger partial charge in [-0.25, -0.2) is 4.57 Å². The largest absolute Gasteiger partial charge is 0.469 e. The van der Waals surface area contributed by atoms with Crippen LogP contribution in [-0.4, -0.2) is 47.8 Å². The molecule has 0 heterocycles. The van der Waals surface area contributed by atoms with E-state index in [-0.39, 0.29) is 26.4 Å². The SMILES string of the molecule is C=CCOCC(CC)(COP(C)(=O)O)COP(=O)(O)O. The highest BCUT2D eigenvalue weighted by Gasteiger charge is 2.34. The standard InChI is InChI=1S/C10H22O8P2/c1-4-6-16-7-10(5-2,8-17-19(3,11)12)9-18-20(13,14)15/h4H,1,5-9H2,2-3H3,(H,11,12)(H2,13,14,15). The van der Waals surface area contributed by atoms with Crippen molar-refractivity contribution in [1.82, 2.24) is 0 Å². The Morgan fingerprint density at radius 2 is 1.70 bits per heavy atom. The van der Waals surface area contributed by atoms with Crippen molar-refractivity contribution < 1.29 is 37.6 Å². The van der Waals surface area contributed by atoms with Crippen LogP contribution in [0.25, 0.3) is 0 Å². The summed E-state index contributed by atoms with van der Waals surface area (Å²) in [5.41, 5.74) is -0.932. The van der Waals surface area contributed by atoms with Crippen molar-refractivity contribution in [2.45, 2.75) is 13.3 Å². The summed E-state index contributed by atoms with van der Waals surface area (Å²) in [6, 6.07) is 0. The molecule has 0 aromatic heterocycles. The van der Waals surface area contributed by atoms with Gasteiger partial charge in [0.1, 0.15) is 0 Å². The van der Waals surface area contributed by atoms with E-state index in [1.54, 1.807) is 6.92 Å². The topological polar surface area (TPSA) is 123 Å². The highest BCUT2D eigenvalue weighted by molar-refractivity contribution is 7.51. The zero-order chi connectivity index (χ0) is 15.9. The lowest BCUT2D eigenvalue weighted by molar-refractivity contribution is -0.0173. The zero-order valence-corrected chi connectivity index (χ0v) is 13.4. The Hall–Kier alpha value is -0.0400. The van der Waals surface area contributed by atoms with Crippen molar-refractivity contribution in [2.24, 2.45) is 5.41 Å². The Bertz CT molecular complexity index is 359. The summed E-state index contributed by atoms with van der Waals surface area (Å²) in [5.74, 6) is 0. The van der Waals surface area contributed by atoms with Gasteiger partial charge in [0.25, 0.3) is 0 Å². The molecule has 0 saturated carbocycles. The molecule has 0 fully saturated rings. The second kappa shape index (κ2) is 8.41. The minimum Gasteiger partial charge on any atom is -0.377 e. The van der Waals surface area contributed by atoms with Crippen LogP contribution in [0.4, 0.5) is 0 Å². The molecule has 0 aliphatic heterocycles. The molecule has 0 aromatic carbocycles. The monoisotopic (exact) mass is 332 g/mol. The minimum atomic E-state index is -4.64. The molecule has 0 aromatic rings. The molecule has 0 saturated heterocycles. The Morgan fingerprint density at radius 1 is 1.15 bits per heavy atom. The summed E-state index contributed by atoms with van der Waals surface area (Å²) in [5, 5.41) is 0. The van der Waals surface area contributed by atoms with Crippen molar-refractivity contribution >= 4 is 15.4 Å². The van der Waals surface area contributed by atoms with E-state index in [2.05, 4.69) is 11.1 Å². The van der Waals surface area contributed by atoms with E-state index in [1.807, 2.05) is 0 Å². The third kappa shape index (κ3) is 9.80. The van der Waals surface area contributed by atoms with Gasteiger partial charge in [0.2, 0.25) is 0 Å². The van der Waals surface area contributed by atoms with Gasteiger partial charge in [-0.3, -0.25) is 9.09 Å². The van der Waals surface area contributed by atoms with Crippen LogP contribution in [0.3, 0.4) is 0 Å². The van der Waals surface area contributed by atoms with Gasteiger partial charge in [-0.05, 0) is 6.42 Å². The summed E-state index contributed by atoms with van der Waals surface area (Å²) >= 11 is 0. The summed E-state index contributed by atoms with van der Waals surface area (Å²) in [4.78, 5) is 26.7. The molecular weight excluding hydrogens is 310 g/mol. The van der Waals surface area contributed by atoms with E-state index in [0.717, 1.165) is 6.66 Å². The zero-order valence-electron chi connectivity index (χ0n) is 11.6. The van der Waals surface area contributed by atoms with E-state index in [1.165, 1.54) is 6.08 Å². The van der Waals surface area contributed by atoms with E-state index in [0.29, 0.717) is 6.42 Å². The van der Waals surface area contributed by atoms with Crippen LogP contribution in [0.1, 0.15) is 13.3 Å². The average Bonchev–Trinajstić information content (AvgIpc) is 2.30. The first-order chi connectivity index (χ1) is 9.04. The predicted octanol–water partition coefficient (Wildman–Crippen LogP) is 1.53. The van der Waals surface area contributed by atoms with E-state index in [9.17, 15) is 9.13 Å². The van der Waals surface area contributed by atoms with Gasteiger partial charge in [-0.1, -0.05) is 13.0 Å². The molecule has 0 radical (unpaired) electrons. The first kappa shape index (κ1) is 20.0. The summed E-state index contributed by atoms with van der Waals surface area (Å²) < 4.78 is 36.6. The van der Waals surface area contributed by atoms with Gasteiger partial charge in [-0.2, -0.15) is 0 Å². The van der Waals surface area contributed by atoms with Crippen molar-refractivity contribution in [3.8, 4) is 0 Å². The number of phosphoric ester groups is 1. The molecule has 3 N–H and O–H groups in total. The molecular formula is C10H22O8P2. The van der Waals surface area contributed by atoms with Crippen molar-refractivity contribution in [2.75, 3.05) is 33.1 Å². The molecule has 0 aliphatic carbocycles. The first-order valence-electron chi connectivity index (χ1n) is 5.87. The third-order valence-electron chi connectivity index (χ3n) is 2.54. The van der Waals surface area contributed by atoms with Gasteiger partial charge in [0.05, 0.1) is 26.4 Å². The van der Waals surface area contributed by atoms with Gasteiger partial charge in [0, 0.05) is 12.1 Å². The fourth-order valence-corrected chi connectivity index (χ4v) is 2.22. The molecule has 20 heavy (non-hydrogen) atoms. The number of hydrogen-bond acceptors (Lipinski definition) is 5. The molecule has 120 valence electrons. The molecule has 2 unspecified atom stereocenters. The van der Waals surface area contributed by atoms with E-state index >= 15 is 0 Å². The maximum Gasteiger partial charge on any atom is 0.469 e. The number of phosphoric acid groups is 1. The Morgan fingerprint density at radius 3 is 2.10 bits per heavy atom. The Balaban J connectivity index is 4.81. The predicted molar refractivity (Wildman–Crippen MR) is 73.4 cm³/mol. The second-order valence-electron chi connectivity index (χ2n) is 4.50. The third-order valence-corrected chi connectivity index (χ3v) is 3.62. The van der Waals surface area contributed by atoms with Crippen molar-refractivity contribution in [1.29, 1.82) is 0 Å². The summed E-state index contributed by atoms with van der Waals surface area (Å²) in [7, 11) is -8.35. The van der Waals surface area contributed by atoms with Crippen LogP contribution in [-0.2, 0) is 22.9 Å². The minimum absolute atomic E-state index is 0.0511. The second-order valence-corrected chi connectivity index (χ2v) is 7.60. The summed E-state index contributed by atoms with van der Waals surface area (Å²) in [6.45, 7) is 5.96. The lowest BCUT2D eigenvalue weighted by Crippen LogP contribution is -2.36. The van der Waals surface area contributed by atoms with Crippen molar-refractivity contribution in [3.05, 3.63) is 12.7 Å². The quantitative estimate of drug-likeness (QED) is 0.296. The van der Waals surface area contributed by atoms with Crippen molar-refractivity contribution in [3.63, 3.8) is 0 Å². The van der Waals surface area contributed by atoms with Crippen LogP contribution < -0.4 is 0 Å². The van der Waals surface area contributed by atoms with Crippen LogP contribution >= 0.6 is 15.4 Å². The normalized spacial score (nSPS) is 18.2. The lowest BCUT2D eigenvalue weighted by Gasteiger charge is -2.32. The highest BCUT2D eigenvalue weighted by atomic mass is 31.2. The van der Waals surface area contributed by atoms with Crippen LogP contribution in [0.15, 0.2) is 12.7 Å². The first-order valence-corrected chi connectivity index (χ1v) is 9.43. The Labute approximate surface area is 118 Å². The fourth-order valence-electron chi connectivity index (χ4n) is 1.27. The maximum atomic E-state index is 11.2. The summed E-state index contributed by atoms with van der Waals surface area (Å²) in [6.07, 6.45) is 1.89. The maximum absolute atomic E-state index is 11.2. The van der Waals surface area contributed by atoms with E-state index < -0.39 is 20.8 Å². The molecule has 0 amide bonds. The smallest absolute Gasteiger partial charge is 0.377 e. The van der Waals surface area contributed by atoms with Crippen LogP contribution in [0.2, 0.25) is 0 Å². The highest BCUT2D eigenvalue weighted by Crippen LogP contribution is 2.43. The molecule has 2 atom stereocenters. The molecule has 0 aliphatic rings. The van der Waals surface area contributed by atoms with Crippen LogP contribution in [0, 0.1) is 5.41 Å². The lowest BCUT2D eigenvalue weighted by atomic mass is 9.88. The number of rotatable bonds is 11. The molecule has 10 heteroatoms. The molecule has 0 bridgehead atoms. The Kier molecular flexibility index (Phi) is 8.40. The fraction of sp³-hybridized carbons (Fsp3) is 0.800. The molecule has 0 spiro atoms. The van der Waals surface area contributed by atoms with Gasteiger partial charge in [0.15, 0.2) is 0 Å². The average molecular weight is 332 g/mol. The number of hydrogen-bond donors (Lipinski definition) is 3. The van der Waals surface area contributed by atoms with Gasteiger partial charge >= 0.3 is 15.4 Å². The molecule has 0 rings (SSSR count). The van der Waals surface area contributed by atoms with Gasteiger partial charge < -0.3 is 23.9 Å². The van der Waals surface area contributed by atoms with E-state index in [4.69, 9.17) is 23.9 Å². The van der Waals surface area contributed by atoms with Crippen LogP contribution in [0.5, 0.6) is 0 Å².